The summed E-state index contributed by atoms with van der Waals surface area (Å²) in [6.07, 6.45) is 0. The van der Waals surface area contributed by atoms with E-state index in [-0.39, 0.29) is 0 Å². The van der Waals surface area contributed by atoms with Crippen molar-refractivity contribution in [1.29, 1.82) is 0 Å². The molecule has 0 atom stereocenters. The van der Waals surface area contributed by atoms with E-state index in [2.05, 4.69) is 56.8 Å². The molecular formula is C34H20Cl2N4O2. The number of hydrogen-bond donors (Lipinski definition) is 0. The third kappa shape index (κ3) is 4.98. The van der Waals surface area contributed by atoms with Crippen LogP contribution in [0, 0.1) is 0 Å². The van der Waals surface area contributed by atoms with Gasteiger partial charge in [-0.1, -0.05) is 96.0 Å². The number of aromatic nitrogens is 4. The molecule has 2 aromatic heterocycles. The molecule has 0 bridgehead atoms. The average Bonchev–Trinajstić information content (AvgIpc) is 3.73. The van der Waals surface area contributed by atoms with E-state index in [1.54, 1.807) is 12.1 Å². The molecule has 0 saturated heterocycles. The Balaban J connectivity index is 1.14. The summed E-state index contributed by atoms with van der Waals surface area (Å²) in [5.74, 6) is 1.63. The third-order valence-corrected chi connectivity index (χ3v) is 7.53. The highest BCUT2D eigenvalue weighted by atomic mass is 35.5. The van der Waals surface area contributed by atoms with E-state index in [9.17, 15) is 0 Å². The van der Waals surface area contributed by atoms with E-state index in [1.165, 1.54) is 0 Å². The van der Waals surface area contributed by atoms with Gasteiger partial charge in [0.05, 0.1) is 21.2 Å². The first kappa shape index (κ1) is 25.9. The SMILES string of the molecule is Clc1ccccc1-c1nnc(-c2ccc(-c3ccccc3-c3ccc(-c4nnc(-c5ccccc5Cl)o4)cc3)cc2)o1. The number of hydrogen-bond acceptors (Lipinski definition) is 6. The second kappa shape index (κ2) is 11.1. The fraction of sp³-hybridized carbons (Fsp3) is 0. The maximum absolute atomic E-state index is 6.29. The minimum atomic E-state index is 0.383. The minimum Gasteiger partial charge on any atom is -0.416 e. The van der Waals surface area contributed by atoms with Crippen LogP contribution < -0.4 is 0 Å². The van der Waals surface area contributed by atoms with Crippen molar-refractivity contribution in [2.24, 2.45) is 0 Å². The number of halogens is 2. The molecule has 8 heteroatoms. The normalized spacial score (nSPS) is 11.1. The highest BCUT2D eigenvalue weighted by Gasteiger charge is 2.15. The molecule has 0 saturated carbocycles. The van der Waals surface area contributed by atoms with Crippen LogP contribution in [-0.4, -0.2) is 20.4 Å². The maximum Gasteiger partial charge on any atom is 0.249 e. The Kier molecular flexibility index (Phi) is 6.84. The Labute approximate surface area is 251 Å². The van der Waals surface area contributed by atoms with Gasteiger partial charge in [-0.05, 0) is 70.8 Å². The van der Waals surface area contributed by atoms with Crippen LogP contribution in [0.1, 0.15) is 0 Å². The lowest BCUT2D eigenvalue weighted by atomic mass is 9.93. The van der Waals surface area contributed by atoms with Crippen molar-refractivity contribution >= 4 is 23.2 Å². The van der Waals surface area contributed by atoms with Crippen molar-refractivity contribution < 1.29 is 8.83 Å². The Morgan fingerprint density at radius 1 is 0.333 bits per heavy atom. The molecule has 0 unspecified atom stereocenters. The van der Waals surface area contributed by atoms with E-state index >= 15 is 0 Å². The predicted molar refractivity (Wildman–Crippen MR) is 165 cm³/mol. The van der Waals surface area contributed by atoms with E-state index in [4.69, 9.17) is 32.0 Å². The molecule has 0 aliphatic rings. The van der Waals surface area contributed by atoms with Crippen LogP contribution in [0.4, 0.5) is 0 Å². The highest BCUT2D eigenvalue weighted by Crippen LogP contribution is 2.35. The summed E-state index contributed by atoms with van der Waals surface area (Å²) in [5, 5.41) is 18.0. The lowest BCUT2D eigenvalue weighted by Gasteiger charge is -2.11. The fourth-order valence-corrected chi connectivity index (χ4v) is 5.17. The topological polar surface area (TPSA) is 77.8 Å². The van der Waals surface area contributed by atoms with Gasteiger partial charge in [0.15, 0.2) is 0 Å². The lowest BCUT2D eigenvalue weighted by Crippen LogP contribution is -1.86. The average molecular weight is 587 g/mol. The first-order chi connectivity index (χ1) is 20.6. The molecule has 42 heavy (non-hydrogen) atoms. The predicted octanol–water partition coefficient (Wildman–Crippen LogP) is 9.76. The van der Waals surface area contributed by atoms with Crippen molar-refractivity contribution in [3.8, 4) is 68.1 Å². The molecule has 0 spiro atoms. The van der Waals surface area contributed by atoms with Gasteiger partial charge in [0.1, 0.15) is 0 Å². The fourth-order valence-electron chi connectivity index (χ4n) is 4.74. The summed E-state index contributed by atoms with van der Waals surface area (Å²) in [4.78, 5) is 0. The molecule has 0 N–H and O–H groups in total. The molecule has 7 aromatic rings. The second-order valence-corrected chi connectivity index (χ2v) is 10.3. The van der Waals surface area contributed by atoms with Crippen LogP contribution in [0.25, 0.3) is 68.1 Å². The summed E-state index contributed by atoms with van der Waals surface area (Å²) < 4.78 is 11.8. The van der Waals surface area contributed by atoms with Crippen LogP contribution in [0.5, 0.6) is 0 Å². The molecule has 2 heterocycles. The van der Waals surface area contributed by atoms with Gasteiger partial charge < -0.3 is 8.83 Å². The molecular weight excluding hydrogens is 567 g/mol. The maximum atomic E-state index is 6.29. The Hall–Kier alpha value is -5.04. The molecule has 0 aliphatic carbocycles. The van der Waals surface area contributed by atoms with E-state index in [0.29, 0.717) is 44.7 Å². The zero-order chi connectivity index (χ0) is 28.5. The van der Waals surface area contributed by atoms with Crippen LogP contribution in [-0.2, 0) is 0 Å². The quantitative estimate of drug-likeness (QED) is 0.193. The minimum absolute atomic E-state index is 0.383. The van der Waals surface area contributed by atoms with Crippen molar-refractivity contribution in [2.75, 3.05) is 0 Å². The first-order valence-electron chi connectivity index (χ1n) is 13.1. The highest BCUT2D eigenvalue weighted by molar-refractivity contribution is 6.33. The number of rotatable bonds is 6. The van der Waals surface area contributed by atoms with Crippen molar-refractivity contribution in [3.63, 3.8) is 0 Å². The third-order valence-electron chi connectivity index (χ3n) is 6.87. The molecule has 0 aliphatic heterocycles. The van der Waals surface area contributed by atoms with Gasteiger partial charge in [0, 0.05) is 11.1 Å². The van der Waals surface area contributed by atoms with Crippen LogP contribution in [0.15, 0.2) is 130 Å². The second-order valence-electron chi connectivity index (χ2n) is 9.48. The molecule has 5 aromatic carbocycles. The summed E-state index contributed by atoms with van der Waals surface area (Å²) in [5.41, 5.74) is 7.36. The number of nitrogens with zero attached hydrogens (tertiary/aromatic N) is 4. The standard InChI is InChI=1S/C34H20Cl2N4O2/c35-29-11-5-3-9-27(29)33-39-37-31(41-33)23-17-13-21(14-18-23)25-7-1-2-8-26(25)22-15-19-24(20-16-22)32-38-40-34(42-32)28-10-4-6-12-30(28)36/h1-20H. The van der Waals surface area contributed by atoms with Gasteiger partial charge in [-0.3, -0.25) is 0 Å². The van der Waals surface area contributed by atoms with Gasteiger partial charge in [-0.25, -0.2) is 0 Å². The Morgan fingerprint density at radius 3 is 1.02 bits per heavy atom. The van der Waals surface area contributed by atoms with Gasteiger partial charge in [0.25, 0.3) is 0 Å². The van der Waals surface area contributed by atoms with E-state index in [0.717, 1.165) is 33.4 Å². The number of benzene rings is 5. The molecule has 6 nitrogen and oxygen atoms in total. The van der Waals surface area contributed by atoms with Crippen molar-refractivity contribution in [3.05, 3.63) is 131 Å². The van der Waals surface area contributed by atoms with Crippen LogP contribution in [0.3, 0.4) is 0 Å². The van der Waals surface area contributed by atoms with Crippen LogP contribution >= 0.6 is 23.2 Å². The zero-order valence-corrected chi connectivity index (χ0v) is 23.4. The van der Waals surface area contributed by atoms with E-state index in [1.807, 2.05) is 72.8 Å². The summed E-state index contributed by atoms with van der Waals surface area (Å²) >= 11 is 12.6. The molecule has 0 radical (unpaired) electrons. The largest absolute Gasteiger partial charge is 0.416 e. The van der Waals surface area contributed by atoms with Crippen molar-refractivity contribution in [2.45, 2.75) is 0 Å². The Morgan fingerprint density at radius 2 is 0.643 bits per heavy atom. The monoisotopic (exact) mass is 586 g/mol. The zero-order valence-electron chi connectivity index (χ0n) is 21.9. The van der Waals surface area contributed by atoms with Gasteiger partial charge in [0.2, 0.25) is 23.6 Å². The molecule has 7 rings (SSSR count). The smallest absolute Gasteiger partial charge is 0.249 e. The molecule has 202 valence electrons. The van der Waals surface area contributed by atoms with E-state index < -0.39 is 0 Å². The van der Waals surface area contributed by atoms with Gasteiger partial charge in [-0.2, -0.15) is 0 Å². The summed E-state index contributed by atoms with van der Waals surface area (Å²) in [6, 6.07) is 39.2. The molecule has 0 amide bonds. The summed E-state index contributed by atoms with van der Waals surface area (Å²) in [7, 11) is 0. The first-order valence-corrected chi connectivity index (χ1v) is 13.9. The van der Waals surface area contributed by atoms with Gasteiger partial charge >= 0.3 is 0 Å². The summed E-state index contributed by atoms with van der Waals surface area (Å²) in [6.45, 7) is 0. The Bertz CT molecular complexity index is 1870. The van der Waals surface area contributed by atoms with Crippen LogP contribution in [0.2, 0.25) is 10.0 Å². The molecule has 0 fully saturated rings. The van der Waals surface area contributed by atoms with Gasteiger partial charge in [-0.15, -0.1) is 20.4 Å². The van der Waals surface area contributed by atoms with Crippen molar-refractivity contribution in [1.82, 2.24) is 20.4 Å². The lowest BCUT2D eigenvalue weighted by molar-refractivity contribution is 0.584.